The van der Waals surface area contributed by atoms with Gasteiger partial charge in [0, 0.05) is 11.0 Å². The van der Waals surface area contributed by atoms with Crippen LogP contribution in [0.1, 0.15) is 43.6 Å². The highest BCUT2D eigenvalue weighted by Crippen LogP contribution is 2.23. The first-order valence-corrected chi connectivity index (χ1v) is 5.09. The number of aryl methyl sites for hydroxylation is 1. The van der Waals surface area contributed by atoms with Crippen LogP contribution in [0.25, 0.3) is 0 Å². The van der Waals surface area contributed by atoms with Crippen molar-refractivity contribution in [3.05, 3.63) is 35.4 Å². The molecule has 1 aromatic carbocycles. The lowest BCUT2D eigenvalue weighted by atomic mass is 9.84. The SMILES string of the molecule is CCc1ccccc1C(=O)C(C)(C)C. The molecule has 0 saturated heterocycles. The Balaban J connectivity index is 3.13. The molecule has 14 heavy (non-hydrogen) atoms. The molecule has 0 atom stereocenters. The van der Waals surface area contributed by atoms with Crippen molar-refractivity contribution < 1.29 is 4.79 Å². The number of rotatable bonds is 2. The molecule has 76 valence electrons. The van der Waals surface area contributed by atoms with E-state index in [1.54, 1.807) is 0 Å². The van der Waals surface area contributed by atoms with Crippen molar-refractivity contribution in [3.8, 4) is 0 Å². The highest BCUT2D eigenvalue weighted by Gasteiger charge is 2.24. The van der Waals surface area contributed by atoms with E-state index in [0.717, 1.165) is 17.5 Å². The Morgan fingerprint density at radius 1 is 1.21 bits per heavy atom. The lowest BCUT2D eigenvalue weighted by molar-refractivity contribution is 0.0857. The Labute approximate surface area is 86.1 Å². The van der Waals surface area contributed by atoms with Gasteiger partial charge in [-0.25, -0.2) is 0 Å². The highest BCUT2D eigenvalue weighted by molar-refractivity contribution is 6.01. The van der Waals surface area contributed by atoms with E-state index in [1.807, 2.05) is 45.0 Å². The van der Waals surface area contributed by atoms with E-state index >= 15 is 0 Å². The predicted molar refractivity (Wildman–Crippen MR) is 59.6 cm³/mol. The summed E-state index contributed by atoms with van der Waals surface area (Å²) in [6.07, 6.45) is 0.915. The first kappa shape index (κ1) is 11.0. The number of hydrogen-bond donors (Lipinski definition) is 0. The summed E-state index contributed by atoms with van der Waals surface area (Å²) in [5.41, 5.74) is 1.74. The fraction of sp³-hybridized carbons (Fsp3) is 0.462. The minimum absolute atomic E-state index is 0.231. The van der Waals surface area contributed by atoms with Crippen LogP contribution in [0.4, 0.5) is 0 Å². The summed E-state index contributed by atoms with van der Waals surface area (Å²) in [7, 11) is 0. The zero-order valence-electron chi connectivity index (χ0n) is 9.42. The number of carbonyl (C=O) groups excluding carboxylic acids is 1. The van der Waals surface area contributed by atoms with Crippen molar-refractivity contribution in [3.63, 3.8) is 0 Å². The largest absolute Gasteiger partial charge is 0.294 e. The maximum absolute atomic E-state index is 12.0. The van der Waals surface area contributed by atoms with E-state index < -0.39 is 0 Å². The predicted octanol–water partition coefficient (Wildman–Crippen LogP) is 3.48. The van der Waals surface area contributed by atoms with Crippen LogP contribution >= 0.6 is 0 Å². The molecule has 1 rings (SSSR count). The zero-order chi connectivity index (χ0) is 10.8. The average Bonchev–Trinajstić information content (AvgIpc) is 2.15. The maximum Gasteiger partial charge on any atom is 0.168 e. The Morgan fingerprint density at radius 2 is 1.79 bits per heavy atom. The topological polar surface area (TPSA) is 17.1 Å². The molecule has 0 aromatic heterocycles. The molecule has 1 aromatic rings. The van der Waals surface area contributed by atoms with Gasteiger partial charge in [0.05, 0.1) is 0 Å². The molecule has 1 nitrogen and oxygen atoms in total. The van der Waals surface area contributed by atoms with E-state index in [9.17, 15) is 4.79 Å². The fourth-order valence-electron chi connectivity index (χ4n) is 1.45. The van der Waals surface area contributed by atoms with Crippen LogP contribution < -0.4 is 0 Å². The average molecular weight is 190 g/mol. The van der Waals surface area contributed by atoms with Crippen LogP contribution in [0.5, 0.6) is 0 Å². The van der Waals surface area contributed by atoms with E-state index in [-0.39, 0.29) is 11.2 Å². The lowest BCUT2D eigenvalue weighted by Crippen LogP contribution is -2.21. The molecule has 0 amide bonds. The van der Waals surface area contributed by atoms with Crippen LogP contribution in [-0.4, -0.2) is 5.78 Å². The molecule has 0 heterocycles. The quantitative estimate of drug-likeness (QED) is 0.652. The summed E-state index contributed by atoms with van der Waals surface area (Å²) in [6.45, 7) is 7.96. The molecule has 0 spiro atoms. The molecular weight excluding hydrogens is 172 g/mol. The maximum atomic E-state index is 12.0. The fourth-order valence-corrected chi connectivity index (χ4v) is 1.45. The van der Waals surface area contributed by atoms with Crippen molar-refractivity contribution in [1.82, 2.24) is 0 Å². The minimum atomic E-state index is -0.286. The standard InChI is InChI=1S/C13H18O/c1-5-10-8-6-7-9-11(10)12(14)13(2,3)4/h6-9H,5H2,1-4H3. The summed E-state index contributed by atoms with van der Waals surface area (Å²) in [5, 5.41) is 0. The molecule has 0 aliphatic rings. The second-order valence-corrected chi connectivity index (χ2v) is 4.59. The number of benzene rings is 1. The third kappa shape index (κ3) is 2.22. The van der Waals surface area contributed by atoms with Gasteiger partial charge in [0.2, 0.25) is 0 Å². The molecule has 0 saturated carbocycles. The van der Waals surface area contributed by atoms with Crippen LogP contribution in [0.3, 0.4) is 0 Å². The van der Waals surface area contributed by atoms with Crippen LogP contribution in [0.15, 0.2) is 24.3 Å². The smallest absolute Gasteiger partial charge is 0.168 e. The van der Waals surface area contributed by atoms with Gasteiger partial charge in [0.1, 0.15) is 0 Å². The molecule has 0 radical (unpaired) electrons. The van der Waals surface area contributed by atoms with E-state index in [1.165, 1.54) is 0 Å². The highest BCUT2D eigenvalue weighted by atomic mass is 16.1. The zero-order valence-corrected chi connectivity index (χ0v) is 9.42. The van der Waals surface area contributed by atoms with Gasteiger partial charge in [-0.3, -0.25) is 4.79 Å². The Kier molecular flexibility index (Phi) is 3.10. The Hall–Kier alpha value is -1.11. The molecule has 0 aliphatic heterocycles. The van der Waals surface area contributed by atoms with Crippen LogP contribution in [0.2, 0.25) is 0 Å². The number of ketones is 1. The number of carbonyl (C=O) groups is 1. The Bertz CT molecular complexity index is 331. The molecule has 0 fully saturated rings. The number of Topliss-reactive ketones (excluding diaryl/α,β-unsaturated/α-hetero) is 1. The Morgan fingerprint density at radius 3 is 2.29 bits per heavy atom. The summed E-state index contributed by atoms with van der Waals surface area (Å²) >= 11 is 0. The van der Waals surface area contributed by atoms with Gasteiger partial charge in [0.15, 0.2) is 5.78 Å². The number of hydrogen-bond acceptors (Lipinski definition) is 1. The summed E-state index contributed by atoms with van der Waals surface area (Å²) in [4.78, 5) is 12.0. The van der Waals surface area contributed by atoms with Crippen LogP contribution in [0, 0.1) is 5.41 Å². The third-order valence-electron chi connectivity index (χ3n) is 2.32. The van der Waals surface area contributed by atoms with Gasteiger partial charge in [-0.05, 0) is 12.0 Å². The summed E-state index contributed by atoms with van der Waals surface area (Å²) < 4.78 is 0. The van der Waals surface area contributed by atoms with Crippen LogP contribution in [-0.2, 0) is 6.42 Å². The van der Waals surface area contributed by atoms with E-state index in [0.29, 0.717) is 0 Å². The second-order valence-electron chi connectivity index (χ2n) is 4.59. The van der Waals surface area contributed by atoms with Crippen molar-refractivity contribution in [2.24, 2.45) is 5.41 Å². The molecular formula is C13H18O. The van der Waals surface area contributed by atoms with Gasteiger partial charge in [-0.2, -0.15) is 0 Å². The summed E-state index contributed by atoms with van der Waals surface area (Å²) in [5.74, 6) is 0.231. The molecule has 0 bridgehead atoms. The first-order valence-electron chi connectivity index (χ1n) is 5.09. The lowest BCUT2D eigenvalue weighted by Gasteiger charge is -2.18. The van der Waals surface area contributed by atoms with Crippen molar-refractivity contribution >= 4 is 5.78 Å². The monoisotopic (exact) mass is 190 g/mol. The van der Waals surface area contributed by atoms with Gasteiger partial charge in [-0.15, -0.1) is 0 Å². The van der Waals surface area contributed by atoms with Crippen molar-refractivity contribution in [2.75, 3.05) is 0 Å². The molecule has 0 unspecified atom stereocenters. The normalized spacial score (nSPS) is 11.4. The van der Waals surface area contributed by atoms with Gasteiger partial charge in [-0.1, -0.05) is 52.0 Å². The molecule has 1 heteroatoms. The van der Waals surface area contributed by atoms with Gasteiger partial charge in [0.25, 0.3) is 0 Å². The summed E-state index contributed by atoms with van der Waals surface area (Å²) in [6, 6.07) is 7.86. The molecule has 0 aliphatic carbocycles. The molecule has 0 N–H and O–H groups in total. The second kappa shape index (κ2) is 3.95. The minimum Gasteiger partial charge on any atom is -0.294 e. The van der Waals surface area contributed by atoms with E-state index in [4.69, 9.17) is 0 Å². The third-order valence-corrected chi connectivity index (χ3v) is 2.32. The van der Waals surface area contributed by atoms with Crippen molar-refractivity contribution in [2.45, 2.75) is 34.1 Å². The van der Waals surface area contributed by atoms with Gasteiger partial charge < -0.3 is 0 Å². The van der Waals surface area contributed by atoms with E-state index in [2.05, 4.69) is 6.92 Å². The van der Waals surface area contributed by atoms with Crippen molar-refractivity contribution in [1.29, 1.82) is 0 Å². The first-order chi connectivity index (χ1) is 6.46. The van der Waals surface area contributed by atoms with Gasteiger partial charge >= 0.3 is 0 Å².